The van der Waals surface area contributed by atoms with Gasteiger partial charge in [0.2, 0.25) is 5.89 Å². The van der Waals surface area contributed by atoms with Crippen molar-refractivity contribution in [2.24, 2.45) is 0 Å². The minimum Gasteiger partial charge on any atom is -0.472 e. The number of para-hydroxylation sites is 4. The molecule has 3 aliphatic rings. The maximum absolute atomic E-state index is 6.83. The first kappa shape index (κ1) is 35.5. The predicted molar refractivity (Wildman–Crippen MR) is 245 cm³/mol. The maximum atomic E-state index is 6.83. The number of hydrogen-bond donors (Lipinski definition) is 0. The maximum Gasteiger partial charge on any atom is 0.227 e. The van der Waals surface area contributed by atoms with Gasteiger partial charge in [-0.2, -0.15) is 0 Å². The molecule has 294 valence electrons. The quantitative estimate of drug-likeness (QED) is 0.160. The van der Waals surface area contributed by atoms with Crippen LogP contribution >= 0.6 is 0 Å². The van der Waals surface area contributed by atoms with E-state index in [4.69, 9.17) is 18.9 Å². The zero-order chi connectivity index (χ0) is 40.3. The number of oxazole rings is 1. The molecule has 61 heavy (non-hydrogen) atoms. The van der Waals surface area contributed by atoms with Crippen LogP contribution in [0.1, 0.15) is 23.1 Å². The molecule has 1 aliphatic carbocycles. The highest BCUT2D eigenvalue weighted by atomic mass is 16.5. The molecule has 12 rings (SSSR count). The highest BCUT2D eigenvalue weighted by molar-refractivity contribution is 5.98. The van der Waals surface area contributed by atoms with E-state index in [1.165, 1.54) is 27.8 Å². The van der Waals surface area contributed by atoms with Crippen molar-refractivity contribution >= 4 is 33.8 Å². The van der Waals surface area contributed by atoms with Gasteiger partial charge in [0.1, 0.15) is 11.3 Å². The fourth-order valence-electron chi connectivity index (χ4n) is 9.83. The van der Waals surface area contributed by atoms with Crippen molar-refractivity contribution in [3.63, 3.8) is 0 Å². The topological polar surface area (TPSA) is 51.0 Å². The molecule has 3 heterocycles. The molecule has 1 unspecified atom stereocenters. The molecule has 1 spiro atoms. The Balaban J connectivity index is 1.08. The molecule has 1 saturated heterocycles. The number of rotatable bonds is 7. The number of ether oxygens (including phenoxy) is 2. The van der Waals surface area contributed by atoms with Gasteiger partial charge in [-0.05, 0) is 112 Å². The fourth-order valence-corrected chi connectivity index (χ4v) is 9.83. The lowest BCUT2D eigenvalue weighted by atomic mass is 9.77. The highest BCUT2D eigenvalue weighted by Crippen LogP contribution is 2.58. The number of aromatic nitrogens is 1. The summed E-state index contributed by atoms with van der Waals surface area (Å²) in [5, 5.41) is 0. The van der Waals surface area contributed by atoms with E-state index in [0.717, 1.165) is 80.4 Å². The van der Waals surface area contributed by atoms with Crippen LogP contribution in [0.2, 0.25) is 0 Å². The minimum atomic E-state index is -0.278. The first-order chi connectivity index (χ1) is 30.2. The normalized spacial score (nSPS) is 16.3. The van der Waals surface area contributed by atoms with Gasteiger partial charge in [-0.1, -0.05) is 121 Å². The summed E-state index contributed by atoms with van der Waals surface area (Å²) in [4.78, 5) is 9.56. The summed E-state index contributed by atoms with van der Waals surface area (Å²) in [6.45, 7) is 2.57. The number of fused-ring (bicyclic) bond motifs is 7. The Bertz CT molecular complexity index is 3050. The molecular formula is C55H41N3O3. The van der Waals surface area contributed by atoms with Crippen LogP contribution in [0.3, 0.4) is 0 Å². The molecule has 2 aliphatic heterocycles. The van der Waals surface area contributed by atoms with Crippen LogP contribution in [0.25, 0.3) is 55.9 Å². The SMILES string of the molecule is c1ccc(-c2ccc(N(c3cccc(-c4nc5ccccc5o4)c3)c3cc(-c4cccc5c4OCN(c4ccccc4)C5)c4c(c3)C3(CCOC3)c3ccccc3-4)cc2)cc1. The van der Waals surface area contributed by atoms with E-state index in [1.54, 1.807) is 0 Å². The molecule has 6 nitrogen and oxygen atoms in total. The van der Waals surface area contributed by atoms with E-state index in [1.807, 2.05) is 24.3 Å². The summed E-state index contributed by atoms with van der Waals surface area (Å²) >= 11 is 0. The van der Waals surface area contributed by atoms with E-state index < -0.39 is 0 Å². The number of anilines is 4. The molecule has 1 atom stereocenters. The van der Waals surface area contributed by atoms with Crippen molar-refractivity contribution in [2.45, 2.75) is 18.4 Å². The molecule has 8 aromatic carbocycles. The van der Waals surface area contributed by atoms with Gasteiger partial charge < -0.3 is 23.7 Å². The van der Waals surface area contributed by atoms with Crippen molar-refractivity contribution in [2.75, 3.05) is 29.7 Å². The first-order valence-electron chi connectivity index (χ1n) is 21.0. The molecule has 6 heteroatoms. The van der Waals surface area contributed by atoms with E-state index in [-0.39, 0.29) is 5.41 Å². The molecule has 9 aromatic rings. The van der Waals surface area contributed by atoms with Gasteiger partial charge in [-0.15, -0.1) is 0 Å². The van der Waals surface area contributed by atoms with E-state index in [2.05, 4.69) is 174 Å². The molecule has 1 fully saturated rings. The molecule has 0 saturated carbocycles. The molecule has 0 bridgehead atoms. The number of benzene rings is 8. The van der Waals surface area contributed by atoms with Crippen LogP contribution < -0.4 is 14.5 Å². The average Bonchev–Trinajstić information content (AvgIpc) is 4.07. The van der Waals surface area contributed by atoms with Crippen molar-refractivity contribution in [3.05, 3.63) is 205 Å². The first-order valence-corrected chi connectivity index (χ1v) is 21.0. The third kappa shape index (κ3) is 5.94. The molecule has 0 amide bonds. The third-order valence-electron chi connectivity index (χ3n) is 12.7. The second-order valence-corrected chi connectivity index (χ2v) is 16.2. The highest BCUT2D eigenvalue weighted by Gasteiger charge is 2.47. The summed E-state index contributed by atoms with van der Waals surface area (Å²) in [6.07, 6.45) is 0.911. The van der Waals surface area contributed by atoms with Gasteiger partial charge in [0.15, 0.2) is 12.3 Å². The molecule has 0 N–H and O–H groups in total. The van der Waals surface area contributed by atoms with Crippen LogP contribution in [0.4, 0.5) is 22.7 Å². The van der Waals surface area contributed by atoms with E-state index in [0.29, 0.717) is 25.8 Å². The van der Waals surface area contributed by atoms with Crippen LogP contribution in [0.5, 0.6) is 5.75 Å². The van der Waals surface area contributed by atoms with E-state index in [9.17, 15) is 0 Å². The monoisotopic (exact) mass is 791 g/mol. The third-order valence-corrected chi connectivity index (χ3v) is 12.7. The lowest BCUT2D eigenvalue weighted by Crippen LogP contribution is -2.32. The van der Waals surface area contributed by atoms with Gasteiger partial charge in [0, 0.05) is 58.0 Å². The molecule has 0 radical (unpaired) electrons. The van der Waals surface area contributed by atoms with E-state index >= 15 is 0 Å². The number of nitrogens with zero attached hydrogens (tertiary/aromatic N) is 3. The smallest absolute Gasteiger partial charge is 0.227 e. The Hall–Kier alpha value is -7.41. The Morgan fingerprint density at radius 2 is 1.30 bits per heavy atom. The van der Waals surface area contributed by atoms with Crippen molar-refractivity contribution in [1.29, 1.82) is 0 Å². The standard InChI is InChI=1S/C55H41N3O3/c1-3-13-37(14-4-1)38-25-27-42(28-26-38)58(43-19-11-15-39(31-43)54-56-50-23-9-10-24-51(50)61-54)44-32-47(52-46-20-7-8-22-48(46)55(49(52)33-44)29-30-59-35-55)45-21-12-16-40-34-57(36-60-53(40)45)41-17-5-2-6-18-41/h1-28,31-33H,29-30,34-36H2. The van der Waals surface area contributed by atoms with Crippen LogP contribution in [0, 0.1) is 0 Å². The zero-order valence-electron chi connectivity index (χ0n) is 33.5. The van der Waals surface area contributed by atoms with Gasteiger partial charge >= 0.3 is 0 Å². The summed E-state index contributed by atoms with van der Waals surface area (Å²) < 4.78 is 19.5. The second-order valence-electron chi connectivity index (χ2n) is 16.2. The summed E-state index contributed by atoms with van der Waals surface area (Å²) in [5.74, 6) is 1.53. The van der Waals surface area contributed by atoms with Gasteiger partial charge in [-0.3, -0.25) is 0 Å². The Morgan fingerprint density at radius 3 is 2.13 bits per heavy atom. The Labute approximate surface area is 354 Å². The van der Waals surface area contributed by atoms with Crippen molar-refractivity contribution in [3.8, 4) is 50.6 Å². The van der Waals surface area contributed by atoms with Crippen LogP contribution in [-0.2, 0) is 16.7 Å². The fraction of sp³-hybridized carbons (Fsp3) is 0.109. The zero-order valence-corrected chi connectivity index (χ0v) is 33.5. The van der Waals surface area contributed by atoms with Crippen molar-refractivity contribution in [1.82, 2.24) is 4.98 Å². The summed E-state index contributed by atoms with van der Waals surface area (Å²) in [6, 6.07) is 66.8. The van der Waals surface area contributed by atoms with Gasteiger partial charge in [0.25, 0.3) is 0 Å². The van der Waals surface area contributed by atoms with Crippen LogP contribution in [-0.4, -0.2) is 24.9 Å². The lowest BCUT2D eigenvalue weighted by Gasteiger charge is -2.33. The number of hydrogen-bond acceptors (Lipinski definition) is 6. The Morgan fingerprint density at radius 1 is 0.557 bits per heavy atom. The largest absolute Gasteiger partial charge is 0.472 e. The average molecular weight is 792 g/mol. The van der Waals surface area contributed by atoms with Crippen LogP contribution in [0.15, 0.2) is 192 Å². The molecule has 1 aromatic heterocycles. The minimum absolute atomic E-state index is 0.278. The summed E-state index contributed by atoms with van der Waals surface area (Å²) in [5.41, 5.74) is 17.3. The predicted octanol–water partition coefficient (Wildman–Crippen LogP) is 13.3. The Kier molecular flexibility index (Phi) is 8.39. The van der Waals surface area contributed by atoms with Gasteiger partial charge in [0.05, 0.1) is 6.61 Å². The molecular weight excluding hydrogens is 751 g/mol. The second kappa shape index (κ2) is 14.4. The van der Waals surface area contributed by atoms with Crippen molar-refractivity contribution < 1.29 is 13.9 Å². The summed E-state index contributed by atoms with van der Waals surface area (Å²) in [7, 11) is 0. The van der Waals surface area contributed by atoms with Gasteiger partial charge in [-0.25, -0.2) is 4.98 Å². The lowest BCUT2D eigenvalue weighted by molar-refractivity contribution is 0.185.